The Balaban J connectivity index is 2.12. The molecule has 1 fully saturated rings. The summed E-state index contributed by atoms with van der Waals surface area (Å²) in [6.07, 6.45) is 0. The van der Waals surface area contributed by atoms with Crippen LogP contribution in [0.4, 0.5) is 5.95 Å². The number of rotatable bonds is 1. The van der Waals surface area contributed by atoms with E-state index in [1.165, 1.54) is 0 Å². The molecule has 1 atom stereocenters. The van der Waals surface area contributed by atoms with Crippen LogP contribution in [-0.2, 0) is 5.41 Å². The van der Waals surface area contributed by atoms with Crippen LogP contribution >= 0.6 is 0 Å². The normalized spacial score (nSPS) is 22.5. The number of aromatic nitrogens is 3. The van der Waals surface area contributed by atoms with Gasteiger partial charge in [-0.1, -0.05) is 20.8 Å². The zero-order valence-electron chi connectivity index (χ0n) is 10.5. The van der Waals surface area contributed by atoms with Crippen molar-refractivity contribution in [3.8, 4) is 0 Å². The van der Waals surface area contributed by atoms with Gasteiger partial charge in [-0.2, -0.15) is 4.98 Å². The second kappa shape index (κ2) is 4.05. The van der Waals surface area contributed by atoms with E-state index in [-0.39, 0.29) is 5.41 Å². The Bertz CT molecular complexity index is 352. The molecule has 0 saturated carbocycles. The molecule has 2 heterocycles. The number of anilines is 1. The van der Waals surface area contributed by atoms with Gasteiger partial charge < -0.3 is 10.2 Å². The molecule has 1 saturated heterocycles. The second-order valence-corrected chi connectivity index (χ2v) is 5.54. The van der Waals surface area contributed by atoms with E-state index in [2.05, 4.69) is 53.1 Å². The molecule has 1 aromatic rings. The summed E-state index contributed by atoms with van der Waals surface area (Å²) >= 11 is 0. The lowest BCUT2D eigenvalue weighted by Gasteiger charge is -2.30. The van der Waals surface area contributed by atoms with Crippen LogP contribution in [0.1, 0.15) is 33.5 Å². The quantitative estimate of drug-likeness (QED) is 0.742. The van der Waals surface area contributed by atoms with Crippen molar-refractivity contribution >= 4 is 5.95 Å². The van der Waals surface area contributed by atoms with E-state index in [9.17, 15) is 0 Å². The Morgan fingerprint density at radius 1 is 1.38 bits per heavy atom. The summed E-state index contributed by atoms with van der Waals surface area (Å²) < 4.78 is 0. The van der Waals surface area contributed by atoms with Crippen LogP contribution in [-0.4, -0.2) is 40.9 Å². The third-order valence-corrected chi connectivity index (χ3v) is 2.84. The molecule has 5 heteroatoms. The average Bonchev–Trinajstić information content (AvgIpc) is 2.65. The molecule has 16 heavy (non-hydrogen) atoms. The number of hydrogen-bond donors (Lipinski definition) is 2. The van der Waals surface area contributed by atoms with Crippen molar-refractivity contribution in [2.45, 2.75) is 39.2 Å². The lowest BCUT2D eigenvalue weighted by atomic mass is 9.96. The summed E-state index contributed by atoms with van der Waals surface area (Å²) in [6.45, 7) is 11.5. The Hall–Kier alpha value is -1.10. The van der Waals surface area contributed by atoms with Gasteiger partial charge in [-0.05, 0) is 6.92 Å². The average molecular weight is 223 g/mol. The van der Waals surface area contributed by atoms with E-state index < -0.39 is 0 Å². The molecule has 0 unspecified atom stereocenters. The number of nitrogens with one attached hydrogen (secondary N) is 2. The van der Waals surface area contributed by atoms with E-state index in [0.29, 0.717) is 6.04 Å². The molecule has 0 spiro atoms. The fourth-order valence-corrected chi connectivity index (χ4v) is 1.84. The Morgan fingerprint density at radius 2 is 2.12 bits per heavy atom. The van der Waals surface area contributed by atoms with Crippen LogP contribution < -0.4 is 10.2 Å². The van der Waals surface area contributed by atoms with Crippen molar-refractivity contribution in [2.24, 2.45) is 0 Å². The molecule has 2 rings (SSSR count). The molecule has 2 N–H and O–H groups in total. The molecule has 5 nitrogen and oxygen atoms in total. The van der Waals surface area contributed by atoms with Crippen molar-refractivity contribution in [1.82, 2.24) is 20.5 Å². The van der Waals surface area contributed by atoms with Gasteiger partial charge in [0.25, 0.3) is 0 Å². The maximum Gasteiger partial charge on any atom is 0.244 e. The highest BCUT2D eigenvalue weighted by Gasteiger charge is 2.23. The molecule has 0 radical (unpaired) electrons. The fraction of sp³-hybridized carbons (Fsp3) is 0.818. The smallest absolute Gasteiger partial charge is 0.244 e. The number of aromatic amines is 1. The van der Waals surface area contributed by atoms with Crippen molar-refractivity contribution in [1.29, 1.82) is 0 Å². The summed E-state index contributed by atoms with van der Waals surface area (Å²) in [5.74, 6) is 1.78. The van der Waals surface area contributed by atoms with Crippen LogP contribution in [0, 0.1) is 0 Å². The number of H-pyrrole nitrogens is 1. The molecular weight excluding hydrogens is 202 g/mol. The van der Waals surface area contributed by atoms with Gasteiger partial charge in [-0.3, -0.25) is 5.10 Å². The third-order valence-electron chi connectivity index (χ3n) is 2.84. The predicted molar refractivity (Wildman–Crippen MR) is 64.8 cm³/mol. The molecule has 1 aliphatic heterocycles. The molecular formula is C11H21N5. The molecule has 0 bridgehead atoms. The SMILES string of the molecule is C[C@H]1CN(c2n[nH]c(C(C)(C)C)n2)CCN1. The topological polar surface area (TPSA) is 56.8 Å². The van der Waals surface area contributed by atoms with E-state index in [0.717, 1.165) is 31.4 Å². The Labute approximate surface area is 96.6 Å². The molecule has 0 aromatic carbocycles. The van der Waals surface area contributed by atoms with Gasteiger partial charge in [0.15, 0.2) is 0 Å². The highest BCUT2D eigenvalue weighted by atomic mass is 15.4. The predicted octanol–water partition coefficient (Wildman–Crippen LogP) is 0.900. The Morgan fingerprint density at radius 3 is 2.69 bits per heavy atom. The minimum Gasteiger partial charge on any atom is -0.337 e. The van der Waals surface area contributed by atoms with Gasteiger partial charge >= 0.3 is 0 Å². The monoisotopic (exact) mass is 223 g/mol. The molecule has 0 amide bonds. The molecule has 1 aliphatic rings. The van der Waals surface area contributed by atoms with Crippen LogP contribution in [0.2, 0.25) is 0 Å². The second-order valence-electron chi connectivity index (χ2n) is 5.54. The maximum absolute atomic E-state index is 4.57. The highest BCUT2D eigenvalue weighted by Crippen LogP contribution is 2.20. The van der Waals surface area contributed by atoms with E-state index in [1.807, 2.05) is 0 Å². The number of hydrogen-bond acceptors (Lipinski definition) is 4. The zero-order valence-corrected chi connectivity index (χ0v) is 10.5. The summed E-state index contributed by atoms with van der Waals surface area (Å²) in [7, 11) is 0. The van der Waals surface area contributed by atoms with Gasteiger partial charge in [0.05, 0.1) is 0 Å². The van der Waals surface area contributed by atoms with Crippen molar-refractivity contribution in [3.05, 3.63) is 5.82 Å². The van der Waals surface area contributed by atoms with Gasteiger partial charge in [0, 0.05) is 31.1 Å². The first kappa shape index (κ1) is 11.4. The van der Waals surface area contributed by atoms with Gasteiger partial charge in [0.2, 0.25) is 5.95 Å². The molecule has 1 aromatic heterocycles. The van der Waals surface area contributed by atoms with Crippen LogP contribution in [0.5, 0.6) is 0 Å². The first-order chi connectivity index (χ1) is 7.47. The first-order valence-corrected chi connectivity index (χ1v) is 5.88. The van der Waals surface area contributed by atoms with Crippen molar-refractivity contribution in [3.63, 3.8) is 0 Å². The van der Waals surface area contributed by atoms with Gasteiger partial charge in [0.1, 0.15) is 5.82 Å². The summed E-state index contributed by atoms with van der Waals surface area (Å²) in [5.41, 5.74) is 0.0326. The lowest BCUT2D eigenvalue weighted by Crippen LogP contribution is -2.49. The zero-order chi connectivity index (χ0) is 11.8. The molecule has 0 aliphatic carbocycles. The van der Waals surface area contributed by atoms with Crippen molar-refractivity contribution < 1.29 is 0 Å². The summed E-state index contributed by atoms with van der Waals surface area (Å²) in [6, 6.07) is 0.505. The van der Waals surface area contributed by atoms with Crippen molar-refractivity contribution in [2.75, 3.05) is 24.5 Å². The highest BCUT2D eigenvalue weighted by molar-refractivity contribution is 5.31. The van der Waals surface area contributed by atoms with Gasteiger partial charge in [-0.15, -0.1) is 5.10 Å². The minimum atomic E-state index is 0.0326. The first-order valence-electron chi connectivity index (χ1n) is 5.88. The van der Waals surface area contributed by atoms with Crippen LogP contribution in [0.25, 0.3) is 0 Å². The maximum atomic E-state index is 4.57. The standard InChI is InChI=1S/C11H21N5/c1-8-7-16(6-5-12-8)10-13-9(14-15-10)11(2,3)4/h8,12H,5-7H2,1-4H3,(H,13,14,15)/t8-/m0/s1. The fourth-order valence-electron chi connectivity index (χ4n) is 1.84. The lowest BCUT2D eigenvalue weighted by molar-refractivity contribution is 0.479. The van der Waals surface area contributed by atoms with E-state index in [4.69, 9.17) is 0 Å². The van der Waals surface area contributed by atoms with E-state index >= 15 is 0 Å². The third kappa shape index (κ3) is 2.35. The minimum absolute atomic E-state index is 0.0326. The van der Waals surface area contributed by atoms with E-state index in [1.54, 1.807) is 0 Å². The number of piperazine rings is 1. The number of nitrogens with zero attached hydrogens (tertiary/aromatic N) is 3. The Kier molecular flexibility index (Phi) is 2.88. The molecule has 90 valence electrons. The largest absolute Gasteiger partial charge is 0.337 e. The summed E-state index contributed by atoms with van der Waals surface area (Å²) in [5, 5.41) is 10.7. The summed E-state index contributed by atoms with van der Waals surface area (Å²) in [4.78, 5) is 6.80. The van der Waals surface area contributed by atoms with Crippen LogP contribution in [0.15, 0.2) is 0 Å². The van der Waals surface area contributed by atoms with Crippen LogP contribution in [0.3, 0.4) is 0 Å². The van der Waals surface area contributed by atoms with Gasteiger partial charge in [-0.25, -0.2) is 0 Å².